The fourth-order valence-corrected chi connectivity index (χ4v) is 2.86. The zero-order valence-corrected chi connectivity index (χ0v) is 13.9. The number of aryl methyl sites for hydroxylation is 1. The number of nitrogens with one attached hydrogen (secondary N) is 1. The topological polar surface area (TPSA) is 49.4 Å². The number of anilines is 1. The molecule has 4 heteroatoms. The number of amides is 2. The molecule has 1 aliphatic heterocycles. The minimum Gasteiger partial charge on any atom is -0.348 e. The van der Waals surface area contributed by atoms with Crippen LogP contribution in [0.25, 0.3) is 0 Å². The van der Waals surface area contributed by atoms with Gasteiger partial charge in [-0.25, -0.2) is 0 Å². The van der Waals surface area contributed by atoms with E-state index in [9.17, 15) is 9.59 Å². The number of piperidine rings is 1. The van der Waals surface area contributed by atoms with Crippen LogP contribution in [0.2, 0.25) is 0 Å². The lowest BCUT2D eigenvalue weighted by Crippen LogP contribution is -2.35. The predicted octanol–water partition coefficient (Wildman–Crippen LogP) is 3.44. The molecule has 0 atom stereocenters. The molecule has 0 saturated carbocycles. The first-order chi connectivity index (χ1) is 11.6. The van der Waals surface area contributed by atoms with E-state index in [-0.39, 0.29) is 11.8 Å². The number of hydrogen-bond donors (Lipinski definition) is 1. The van der Waals surface area contributed by atoms with Crippen molar-refractivity contribution in [3.63, 3.8) is 0 Å². The van der Waals surface area contributed by atoms with Crippen LogP contribution in [-0.4, -0.2) is 18.4 Å². The van der Waals surface area contributed by atoms with E-state index in [2.05, 4.69) is 5.32 Å². The van der Waals surface area contributed by atoms with Crippen molar-refractivity contribution in [1.82, 2.24) is 5.32 Å². The molecule has 0 radical (unpaired) electrons. The molecule has 0 bridgehead atoms. The average Bonchev–Trinajstić information content (AvgIpc) is 2.61. The minimum atomic E-state index is -0.105. The zero-order chi connectivity index (χ0) is 16.9. The summed E-state index contributed by atoms with van der Waals surface area (Å²) < 4.78 is 0. The second-order valence-electron chi connectivity index (χ2n) is 6.22. The van der Waals surface area contributed by atoms with E-state index in [0.717, 1.165) is 30.6 Å². The second kappa shape index (κ2) is 7.30. The van der Waals surface area contributed by atoms with Crippen LogP contribution < -0.4 is 10.2 Å². The van der Waals surface area contributed by atoms with Crippen LogP contribution in [0, 0.1) is 6.92 Å². The van der Waals surface area contributed by atoms with Crippen molar-refractivity contribution in [1.29, 1.82) is 0 Å². The van der Waals surface area contributed by atoms with Crippen LogP contribution in [0.3, 0.4) is 0 Å². The minimum absolute atomic E-state index is 0.105. The van der Waals surface area contributed by atoms with Crippen molar-refractivity contribution in [2.75, 3.05) is 11.4 Å². The van der Waals surface area contributed by atoms with Gasteiger partial charge in [-0.3, -0.25) is 9.59 Å². The maximum Gasteiger partial charge on any atom is 0.251 e. The van der Waals surface area contributed by atoms with E-state index in [1.54, 1.807) is 17.0 Å². The van der Waals surface area contributed by atoms with Gasteiger partial charge in [0, 0.05) is 30.8 Å². The summed E-state index contributed by atoms with van der Waals surface area (Å²) in [5.41, 5.74) is 3.75. The number of rotatable bonds is 4. The molecule has 0 aromatic heterocycles. The molecule has 1 heterocycles. The molecule has 1 fully saturated rings. The van der Waals surface area contributed by atoms with Crippen molar-refractivity contribution < 1.29 is 9.59 Å². The number of carbonyl (C=O) groups is 2. The van der Waals surface area contributed by atoms with Gasteiger partial charge in [0.25, 0.3) is 5.91 Å². The van der Waals surface area contributed by atoms with Crippen LogP contribution in [-0.2, 0) is 11.3 Å². The smallest absolute Gasteiger partial charge is 0.251 e. The van der Waals surface area contributed by atoms with Crippen LogP contribution in [0.15, 0.2) is 48.5 Å². The molecular weight excluding hydrogens is 300 g/mol. The molecule has 2 aromatic carbocycles. The first-order valence-corrected chi connectivity index (χ1v) is 8.38. The Morgan fingerprint density at radius 2 is 1.75 bits per heavy atom. The molecule has 1 saturated heterocycles. The molecule has 2 amide bonds. The van der Waals surface area contributed by atoms with Gasteiger partial charge in [0.1, 0.15) is 0 Å². The van der Waals surface area contributed by atoms with Crippen molar-refractivity contribution in [2.45, 2.75) is 32.7 Å². The third-order valence-electron chi connectivity index (χ3n) is 4.34. The summed E-state index contributed by atoms with van der Waals surface area (Å²) in [6.07, 6.45) is 2.61. The maximum absolute atomic E-state index is 12.2. The standard InChI is InChI=1S/C20H22N2O2/c1-15-5-7-16(8-6-15)14-21-20(24)17-9-11-18(12-10-17)22-13-3-2-4-19(22)23/h5-12H,2-4,13-14H2,1H3,(H,21,24). The van der Waals surface area contributed by atoms with Crippen molar-refractivity contribution in [3.05, 3.63) is 65.2 Å². The molecule has 1 N–H and O–H groups in total. The predicted molar refractivity (Wildman–Crippen MR) is 95.0 cm³/mol. The SMILES string of the molecule is Cc1ccc(CNC(=O)c2ccc(N3CCCCC3=O)cc2)cc1. The molecule has 4 nitrogen and oxygen atoms in total. The Hall–Kier alpha value is -2.62. The van der Waals surface area contributed by atoms with Gasteiger partial charge in [0.05, 0.1) is 0 Å². The van der Waals surface area contributed by atoms with E-state index in [4.69, 9.17) is 0 Å². The first-order valence-electron chi connectivity index (χ1n) is 8.38. The van der Waals surface area contributed by atoms with Gasteiger partial charge in [0.15, 0.2) is 0 Å². The van der Waals surface area contributed by atoms with E-state index in [0.29, 0.717) is 18.5 Å². The fourth-order valence-electron chi connectivity index (χ4n) is 2.86. The molecule has 24 heavy (non-hydrogen) atoms. The van der Waals surface area contributed by atoms with Gasteiger partial charge in [-0.15, -0.1) is 0 Å². The van der Waals surface area contributed by atoms with Crippen LogP contribution in [0.1, 0.15) is 40.7 Å². The van der Waals surface area contributed by atoms with Gasteiger partial charge in [-0.1, -0.05) is 29.8 Å². The summed E-state index contributed by atoms with van der Waals surface area (Å²) >= 11 is 0. The van der Waals surface area contributed by atoms with E-state index >= 15 is 0 Å². The number of nitrogens with zero attached hydrogens (tertiary/aromatic N) is 1. The summed E-state index contributed by atoms with van der Waals surface area (Å²) in [6, 6.07) is 15.4. The number of carbonyl (C=O) groups excluding carboxylic acids is 2. The van der Waals surface area contributed by atoms with E-state index in [1.165, 1.54) is 5.56 Å². The lowest BCUT2D eigenvalue weighted by atomic mass is 10.1. The highest BCUT2D eigenvalue weighted by atomic mass is 16.2. The summed E-state index contributed by atoms with van der Waals surface area (Å²) in [6.45, 7) is 3.31. The molecule has 2 aromatic rings. The highest BCUT2D eigenvalue weighted by Crippen LogP contribution is 2.21. The first kappa shape index (κ1) is 16.2. The van der Waals surface area contributed by atoms with Crippen molar-refractivity contribution >= 4 is 17.5 Å². The third kappa shape index (κ3) is 3.82. The van der Waals surface area contributed by atoms with Gasteiger partial charge in [-0.05, 0) is 49.6 Å². The lowest BCUT2D eigenvalue weighted by molar-refractivity contribution is -0.119. The van der Waals surface area contributed by atoms with E-state index < -0.39 is 0 Å². The van der Waals surface area contributed by atoms with Crippen LogP contribution >= 0.6 is 0 Å². The quantitative estimate of drug-likeness (QED) is 0.937. The zero-order valence-electron chi connectivity index (χ0n) is 13.9. The van der Waals surface area contributed by atoms with Gasteiger partial charge < -0.3 is 10.2 Å². The van der Waals surface area contributed by atoms with Gasteiger partial charge in [-0.2, -0.15) is 0 Å². The highest BCUT2D eigenvalue weighted by Gasteiger charge is 2.19. The molecule has 1 aliphatic rings. The Bertz CT molecular complexity index is 720. The Kier molecular flexibility index (Phi) is 4.94. The third-order valence-corrected chi connectivity index (χ3v) is 4.34. The lowest BCUT2D eigenvalue weighted by Gasteiger charge is -2.26. The summed E-state index contributed by atoms with van der Waals surface area (Å²) in [4.78, 5) is 26.0. The molecule has 0 aliphatic carbocycles. The Morgan fingerprint density at radius 3 is 2.42 bits per heavy atom. The van der Waals surface area contributed by atoms with Crippen LogP contribution in [0.4, 0.5) is 5.69 Å². The summed E-state index contributed by atoms with van der Waals surface area (Å²) in [7, 11) is 0. The van der Waals surface area contributed by atoms with Crippen molar-refractivity contribution in [3.8, 4) is 0 Å². The molecule has 124 valence electrons. The van der Waals surface area contributed by atoms with Crippen molar-refractivity contribution in [2.24, 2.45) is 0 Å². The maximum atomic E-state index is 12.2. The van der Waals surface area contributed by atoms with Crippen LogP contribution in [0.5, 0.6) is 0 Å². The summed E-state index contributed by atoms with van der Waals surface area (Å²) in [5.74, 6) is 0.0601. The normalized spacial score (nSPS) is 14.5. The molecule has 0 unspecified atom stereocenters. The molecule has 3 rings (SSSR count). The van der Waals surface area contributed by atoms with Gasteiger partial charge >= 0.3 is 0 Å². The monoisotopic (exact) mass is 322 g/mol. The number of benzene rings is 2. The second-order valence-corrected chi connectivity index (χ2v) is 6.22. The Balaban J connectivity index is 1.61. The largest absolute Gasteiger partial charge is 0.348 e. The van der Waals surface area contributed by atoms with Gasteiger partial charge in [0.2, 0.25) is 5.91 Å². The highest BCUT2D eigenvalue weighted by molar-refractivity contribution is 5.96. The molecular formula is C20H22N2O2. The average molecular weight is 322 g/mol. The Labute approximate surface area is 142 Å². The Morgan fingerprint density at radius 1 is 1.04 bits per heavy atom. The number of hydrogen-bond acceptors (Lipinski definition) is 2. The molecule has 0 spiro atoms. The summed E-state index contributed by atoms with van der Waals surface area (Å²) in [5, 5.41) is 2.92. The van der Waals surface area contributed by atoms with E-state index in [1.807, 2.05) is 43.3 Å². The fraction of sp³-hybridized carbons (Fsp3) is 0.300.